The van der Waals surface area contributed by atoms with Crippen LogP contribution in [0.3, 0.4) is 0 Å². The Labute approximate surface area is 349 Å². The summed E-state index contributed by atoms with van der Waals surface area (Å²) in [5.74, 6) is 0.599. The molecule has 9 aromatic carbocycles. The van der Waals surface area contributed by atoms with Crippen molar-refractivity contribution in [1.29, 1.82) is 0 Å². The summed E-state index contributed by atoms with van der Waals surface area (Å²) in [5.41, 5.74) is 14.1. The Morgan fingerprint density at radius 1 is 0.333 bits per heavy atom. The van der Waals surface area contributed by atoms with E-state index in [1.165, 1.54) is 22.3 Å². The first kappa shape index (κ1) is 36.3. The molecule has 60 heavy (non-hydrogen) atoms. The maximum absolute atomic E-state index is 14.7. The molecule has 0 saturated heterocycles. The van der Waals surface area contributed by atoms with E-state index in [1.54, 1.807) is 4.57 Å². The fourth-order valence-electron chi connectivity index (χ4n) is 7.96. The van der Waals surface area contributed by atoms with Crippen LogP contribution in [0.1, 0.15) is 0 Å². The molecule has 284 valence electrons. The number of hydrogen-bond donors (Lipinski definition) is 0. The zero-order chi connectivity index (χ0) is 40.3. The van der Waals surface area contributed by atoms with Gasteiger partial charge in [0.25, 0.3) is 5.56 Å². The Kier molecular flexibility index (Phi) is 9.70. The SMILES string of the molecule is O=c1c2cc(-c3ccc(N(c4ccc(-c5ccccc5)cc4)c4ccc(-c5ccccc5)cc4)cc3)ccc2nc(-c2cccc(-c3ccccc3)c2)n1-c1ccccc1. The lowest BCUT2D eigenvalue weighted by molar-refractivity contribution is 0.976. The molecular formula is C56H39N3O. The number of para-hydroxylation sites is 1. The summed E-state index contributed by atoms with van der Waals surface area (Å²) in [6, 6.07) is 81.2. The van der Waals surface area contributed by atoms with E-state index in [0.717, 1.165) is 50.6 Å². The monoisotopic (exact) mass is 769 g/mol. The fourth-order valence-corrected chi connectivity index (χ4v) is 7.96. The highest BCUT2D eigenvalue weighted by molar-refractivity contribution is 5.87. The zero-order valence-electron chi connectivity index (χ0n) is 32.8. The molecule has 0 atom stereocenters. The van der Waals surface area contributed by atoms with Crippen molar-refractivity contribution in [3.05, 3.63) is 247 Å². The zero-order valence-corrected chi connectivity index (χ0v) is 32.8. The summed E-state index contributed by atoms with van der Waals surface area (Å²) < 4.78 is 1.74. The molecule has 0 N–H and O–H groups in total. The summed E-state index contributed by atoms with van der Waals surface area (Å²) in [5, 5.41) is 0.557. The van der Waals surface area contributed by atoms with Crippen molar-refractivity contribution in [2.45, 2.75) is 0 Å². The lowest BCUT2D eigenvalue weighted by Gasteiger charge is -2.26. The topological polar surface area (TPSA) is 38.1 Å². The molecule has 10 aromatic rings. The quantitative estimate of drug-likeness (QED) is 0.147. The summed E-state index contributed by atoms with van der Waals surface area (Å²) in [6.07, 6.45) is 0. The third-order valence-corrected chi connectivity index (χ3v) is 11.0. The van der Waals surface area contributed by atoms with Crippen LogP contribution in [0.5, 0.6) is 0 Å². The van der Waals surface area contributed by atoms with Crippen molar-refractivity contribution in [1.82, 2.24) is 9.55 Å². The van der Waals surface area contributed by atoms with Crippen LogP contribution in [0.25, 0.3) is 72.5 Å². The van der Waals surface area contributed by atoms with Crippen LogP contribution in [0.2, 0.25) is 0 Å². The molecule has 4 heteroatoms. The Bertz CT molecular complexity index is 3030. The number of anilines is 3. The van der Waals surface area contributed by atoms with Crippen LogP contribution in [0.4, 0.5) is 17.1 Å². The maximum Gasteiger partial charge on any atom is 0.266 e. The van der Waals surface area contributed by atoms with Gasteiger partial charge in [0.05, 0.1) is 16.6 Å². The van der Waals surface area contributed by atoms with Gasteiger partial charge in [-0.2, -0.15) is 0 Å². The number of nitrogens with zero attached hydrogens (tertiary/aromatic N) is 3. The summed E-state index contributed by atoms with van der Waals surface area (Å²) in [4.78, 5) is 22.1. The van der Waals surface area contributed by atoms with Crippen LogP contribution >= 0.6 is 0 Å². The van der Waals surface area contributed by atoms with Gasteiger partial charge in [0.2, 0.25) is 0 Å². The summed E-state index contributed by atoms with van der Waals surface area (Å²) in [7, 11) is 0. The lowest BCUT2D eigenvalue weighted by Crippen LogP contribution is -2.22. The molecule has 0 unspecified atom stereocenters. The average molecular weight is 770 g/mol. The largest absolute Gasteiger partial charge is 0.311 e. The van der Waals surface area contributed by atoms with Gasteiger partial charge in [-0.25, -0.2) is 4.98 Å². The van der Waals surface area contributed by atoms with Crippen LogP contribution in [-0.2, 0) is 0 Å². The molecule has 0 aliphatic heterocycles. The van der Waals surface area contributed by atoms with Gasteiger partial charge < -0.3 is 4.90 Å². The van der Waals surface area contributed by atoms with Gasteiger partial charge in [-0.15, -0.1) is 0 Å². The number of hydrogen-bond acceptors (Lipinski definition) is 3. The third kappa shape index (κ3) is 7.19. The molecule has 0 bridgehead atoms. The highest BCUT2D eigenvalue weighted by Crippen LogP contribution is 2.38. The van der Waals surface area contributed by atoms with Crippen molar-refractivity contribution in [2.24, 2.45) is 0 Å². The molecule has 0 spiro atoms. The minimum Gasteiger partial charge on any atom is -0.311 e. The van der Waals surface area contributed by atoms with Gasteiger partial charge >= 0.3 is 0 Å². The second-order valence-corrected chi connectivity index (χ2v) is 14.8. The minimum absolute atomic E-state index is 0.117. The van der Waals surface area contributed by atoms with Gasteiger partial charge in [0.15, 0.2) is 0 Å². The Morgan fingerprint density at radius 3 is 1.20 bits per heavy atom. The molecule has 0 fully saturated rings. The molecule has 4 nitrogen and oxygen atoms in total. The third-order valence-electron chi connectivity index (χ3n) is 11.0. The van der Waals surface area contributed by atoms with Gasteiger partial charge in [-0.1, -0.05) is 170 Å². The first-order valence-corrected chi connectivity index (χ1v) is 20.2. The van der Waals surface area contributed by atoms with E-state index < -0.39 is 0 Å². The van der Waals surface area contributed by atoms with E-state index in [0.29, 0.717) is 16.7 Å². The minimum atomic E-state index is -0.117. The highest BCUT2D eigenvalue weighted by atomic mass is 16.1. The lowest BCUT2D eigenvalue weighted by atomic mass is 10.0. The van der Waals surface area contributed by atoms with Crippen LogP contribution in [-0.4, -0.2) is 9.55 Å². The highest BCUT2D eigenvalue weighted by Gasteiger charge is 2.18. The molecule has 0 saturated carbocycles. The Balaban J connectivity index is 1.03. The predicted octanol–water partition coefficient (Wildman–Crippen LogP) is 14.2. The molecule has 0 aliphatic rings. The van der Waals surface area contributed by atoms with Crippen molar-refractivity contribution in [2.75, 3.05) is 4.90 Å². The molecular weight excluding hydrogens is 731 g/mol. The van der Waals surface area contributed by atoms with E-state index in [2.05, 4.69) is 157 Å². The fraction of sp³-hybridized carbons (Fsp3) is 0. The molecule has 0 amide bonds. The second kappa shape index (κ2) is 16.0. The number of aromatic nitrogens is 2. The van der Waals surface area contributed by atoms with Gasteiger partial charge in [0, 0.05) is 22.6 Å². The van der Waals surface area contributed by atoms with Crippen molar-refractivity contribution >= 4 is 28.0 Å². The second-order valence-electron chi connectivity index (χ2n) is 14.8. The van der Waals surface area contributed by atoms with Crippen molar-refractivity contribution < 1.29 is 0 Å². The number of fused-ring (bicyclic) bond motifs is 1. The molecule has 10 rings (SSSR count). The first-order chi connectivity index (χ1) is 29.7. The molecule has 1 heterocycles. The summed E-state index contributed by atoms with van der Waals surface area (Å²) in [6.45, 7) is 0. The van der Waals surface area contributed by atoms with Crippen molar-refractivity contribution in [3.8, 4) is 61.6 Å². The average Bonchev–Trinajstić information content (AvgIpc) is 3.33. The van der Waals surface area contributed by atoms with E-state index >= 15 is 0 Å². The maximum atomic E-state index is 14.7. The standard InChI is InChI=1S/C56H39N3O/c60-56-53-39-47(30-37-54(53)57-55(59(56)49-22-11-4-12-23-49)48-21-13-20-46(38-48)42-18-9-3-10-19-42)45-28-35-52(36-29-45)58(50-31-24-43(25-32-50)40-14-5-1-6-15-40)51-33-26-44(27-34-51)41-16-7-2-8-17-41/h1-39H. The van der Waals surface area contributed by atoms with Gasteiger partial charge in [0.1, 0.15) is 5.82 Å². The number of benzene rings is 9. The van der Waals surface area contributed by atoms with E-state index in [9.17, 15) is 4.79 Å². The van der Waals surface area contributed by atoms with Crippen LogP contribution < -0.4 is 10.5 Å². The molecule has 0 radical (unpaired) electrons. The normalized spacial score (nSPS) is 11.1. The van der Waals surface area contributed by atoms with Crippen LogP contribution in [0, 0.1) is 0 Å². The summed E-state index contributed by atoms with van der Waals surface area (Å²) >= 11 is 0. The Morgan fingerprint density at radius 2 is 0.700 bits per heavy atom. The van der Waals surface area contributed by atoms with Crippen LogP contribution in [0.15, 0.2) is 241 Å². The predicted molar refractivity (Wildman–Crippen MR) is 249 cm³/mol. The molecule has 1 aromatic heterocycles. The smallest absolute Gasteiger partial charge is 0.266 e. The molecule has 0 aliphatic carbocycles. The van der Waals surface area contributed by atoms with Gasteiger partial charge in [-0.3, -0.25) is 9.36 Å². The van der Waals surface area contributed by atoms with Gasteiger partial charge in [-0.05, 0) is 111 Å². The first-order valence-electron chi connectivity index (χ1n) is 20.2. The van der Waals surface area contributed by atoms with E-state index in [-0.39, 0.29) is 5.56 Å². The van der Waals surface area contributed by atoms with E-state index in [4.69, 9.17) is 4.98 Å². The van der Waals surface area contributed by atoms with E-state index in [1.807, 2.05) is 84.9 Å². The Hall–Kier alpha value is -8.08. The van der Waals surface area contributed by atoms with Crippen molar-refractivity contribution in [3.63, 3.8) is 0 Å². The number of rotatable bonds is 9.